The molecule has 0 aliphatic carbocycles. The highest BCUT2D eigenvalue weighted by Gasteiger charge is 2.08. The number of hydrogen-bond donors (Lipinski definition) is 2. The molecule has 1 amide bonds. The maximum Gasteiger partial charge on any atom is 0.350 e. The molecule has 0 saturated carbocycles. The number of carbonyl (C=O) groups excluding carboxylic acids is 1. The fraction of sp³-hybridized carbons (Fsp3) is 0.400. The largest absolute Gasteiger partial charge is 0.430 e. The van der Waals surface area contributed by atoms with Gasteiger partial charge in [0.15, 0.2) is 0 Å². The number of amides is 1. The molecule has 0 aliphatic rings. The van der Waals surface area contributed by atoms with E-state index >= 15 is 0 Å². The summed E-state index contributed by atoms with van der Waals surface area (Å²) in [5.74, 6) is -0.245. The molecular weight excluding hydrogens is 276 g/mol. The van der Waals surface area contributed by atoms with E-state index in [0.717, 1.165) is 12.8 Å². The Morgan fingerprint density at radius 3 is 2.81 bits per heavy atom. The highest BCUT2D eigenvalue weighted by atomic mass is 79.9. The minimum absolute atomic E-state index is 0.245. The number of rotatable bonds is 4. The molecule has 2 N–H and O–H groups in total. The number of likely N-dealkylation sites (N-methyl/N-ethyl adjacent to an activating group) is 1. The van der Waals surface area contributed by atoms with Crippen molar-refractivity contribution in [3.63, 3.8) is 0 Å². The highest BCUT2D eigenvalue weighted by Crippen LogP contribution is 2.06. The topological polar surface area (TPSA) is 63.8 Å². The van der Waals surface area contributed by atoms with Gasteiger partial charge < -0.3 is 14.6 Å². The first kappa shape index (κ1) is 12.9. The quantitative estimate of drug-likeness (QED) is 0.769. The summed E-state index contributed by atoms with van der Waals surface area (Å²) >= 11 is 3.02. The van der Waals surface area contributed by atoms with Crippen LogP contribution in [-0.2, 0) is 0 Å². The Balaban J connectivity index is 2.60. The molecule has 0 aliphatic heterocycles. The molecule has 1 rings (SSSR count). The zero-order valence-electron chi connectivity index (χ0n) is 9.17. The summed E-state index contributed by atoms with van der Waals surface area (Å²) in [6.07, 6.45) is 1.16. The molecule has 0 unspecified atom stereocenters. The average Bonchev–Trinajstić information content (AvgIpc) is 2.21. The summed E-state index contributed by atoms with van der Waals surface area (Å²) in [7, 11) is 4.01. The van der Waals surface area contributed by atoms with Crippen LogP contribution in [0.4, 0.5) is 0 Å². The van der Waals surface area contributed by atoms with Crippen LogP contribution in [0.15, 0.2) is 26.0 Å². The third-order valence-electron chi connectivity index (χ3n) is 1.94. The molecule has 0 atom stereocenters. The first-order valence-electron chi connectivity index (χ1n) is 4.86. The van der Waals surface area contributed by atoms with Gasteiger partial charge in [-0.2, -0.15) is 0 Å². The summed E-state index contributed by atoms with van der Waals surface area (Å²) in [5, 5.41) is 2.73. The van der Waals surface area contributed by atoms with Gasteiger partial charge in [-0.15, -0.1) is 0 Å². The van der Waals surface area contributed by atoms with Crippen LogP contribution in [0.3, 0.4) is 0 Å². The standard InChI is InChI=1S/C10H13BrN2O3/c1-13(2)4-3-12-9(14)7-5-8(11)10(15)16-6-7/h5-6H,3-4H2,1-2H3,(H,12,14)/p+1. The lowest BCUT2D eigenvalue weighted by atomic mass is 10.3. The monoisotopic (exact) mass is 289 g/mol. The Labute approximate surface area is 102 Å². The van der Waals surface area contributed by atoms with Crippen molar-refractivity contribution in [1.82, 2.24) is 5.32 Å². The zero-order valence-corrected chi connectivity index (χ0v) is 10.8. The minimum atomic E-state index is -0.491. The van der Waals surface area contributed by atoms with Crippen LogP contribution in [0.5, 0.6) is 0 Å². The fourth-order valence-electron chi connectivity index (χ4n) is 1.05. The molecule has 1 aromatic rings. The molecule has 0 spiro atoms. The van der Waals surface area contributed by atoms with Crippen LogP contribution in [0, 0.1) is 0 Å². The van der Waals surface area contributed by atoms with Crippen molar-refractivity contribution in [2.75, 3.05) is 27.2 Å². The van der Waals surface area contributed by atoms with Crippen LogP contribution >= 0.6 is 15.9 Å². The van der Waals surface area contributed by atoms with Gasteiger partial charge in [-0.1, -0.05) is 0 Å². The van der Waals surface area contributed by atoms with Gasteiger partial charge in [-0.3, -0.25) is 4.79 Å². The normalized spacial score (nSPS) is 10.5. The molecule has 0 aromatic carbocycles. The second-order valence-corrected chi connectivity index (χ2v) is 4.54. The second kappa shape index (κ2) is 5.81. The van der Waals surface area contributed by atoms with Crippen LogP contribution < -0.4 is 15.8 Å². The number of quaternary nitrogens is 1. The molecule has 6 heteroatoms. The number of halogens is 1. The van der Waals surface area contributed by atoms with Crippen LogP contribution in [-0.4, -0.2) is 33.1 Å². The van der Waals surface area contributed by atoms with E-state index in [1.54, 1.807) is 0 Å². The third-order valence-corrected chi connectivity index (χ3v) is 2.50. The van der Waals surface area contributed by atoms with Gasteiger partial charge in [0.25, 0.3) is 5.91 Å². The lowest BCUT2D eigenvalue weighted by molar-refractivity contribution is -0.856. The van der Waals surface area contributed by atoms with Crippen molar-refractivity contribution in [3.05, 3.63) is 32.8 Å². The van der Waals surface area contributed by atoms with Crippen molar-refractivity contribution in [3.8, 4) is 0 Å². The van der Waals surface area contributed by atoms with Gasteiger partial charge in [0, 0.05) is 0 Å². The number of hydrogen-bond acceptors (Lipinski definition) is 3. The smallest absolute Gasteiger partial charge is 0.350 e. The van der Waals surface area contributed by atoms with Gasteiger partial charge in [0.1, 0.15) is 10.7 Å². The molecular formula is C10H14BrN2O3+. The van der Waals surface area contributed by atoms with Crippen molar-refractivity contribution in [2.45, 2.75) is 0 Å². The van der Waals surface area contributed by atoms with Crippen LogP contribution in [0.25, 0.3) is 0 Å². The van der Waals surface area contributed by atoms with E-state index in [0.29, 0.717) is 12.1 Å². The minimum Gasteiger partial charge on any atom is -0.430 e. The average molecular weight is 290 g/mol. The Morgan fingerprint density at radius 1 is 1.56 bits per heavy atom. The summed E-state index contributed by atoms with van der Waals surface area (Å²) in [5.41, 5.74) is -0.158. The summed E-state index contributed by atoms with van der Waals surface area (Å²) in [6.45, 7) is 1.42. The van der Waals surface area contributed by atoms with Gasteiger partial charge in [0.2, 0.25) is 0 Å². The van der Waals surface area contributed by atoms with E-state index in [1.807, 2.05) is 14.1 Å². The van der Waals surface area contributed by atoms with E-state index in [1.165, 1.54) is 11.0 Å². The van der Waals surface area contributed by atoms with Gasteiger partial charge in [0.05, 0.1) is 32.7 Å². The summed E-state index contributed by atoms with van der Waals surface area (Å²) < 4.78 is 4.92. The second-order valence-electron chi connectivity index (χ2n) is 3.68. The maximum atomic E-state index is 11.6. The van der Waals surface area contributed by atoms with E-state index in [-0.39, 0.29) is 10.4 Å². The molecule has 0 radical (unpaired) electrons. The molecule has 0 bridgehead atoms. The van der Waals surface area contributed by atoms with Gasteiger partial charge >= 0.3 is 5.63 Å². The predicted octanol–water partition coefficient (Wildman–Crippen LogP) is -0.723. The number of carbonyl (C=O) groups is 1. The predicted molar refractivity (Wildman–Crippen MR) is 62.7 cm³/mol. The Hall–Kier alpha value is -1.14. The van der Waals surface area contributed by atoms with Gasteiger partial charge in [-0.25, -0.2) is 4.79 Å². The summed E-state index contributed by atoms with van der Waals surface area (Å²) in [4.78, 5) is 23.8. The Morgan fingerprint density at radius 2 is 2.25 bits per heavy atom. The maximum absolute atomic E-state index is 11.6. The third kappa shape index (κ3) is 3.79. The zero-order chi connectivity index (χ0) is 12.1. The van der Waals surface area contributed by atoms with Crippen LogP contribution in [0.1, 0.15) is 10.4 Å². The molecule has 1 aromatic heterocycles. The van der Waals surface area contributed by atoms with Crippen molar-refractivity contribution in [2.24, 2.45) is 0 Å². The lowest BCUT2D eigenvalue weighted by Gasteiger charge is -2.08. The van der Waals surface area contributed by atoms with Crippen molar-refractivity contribution >= 4 is 21.8 Å². The van der Waals surface area contributed by atoms with Crippen molar-refractivity contribution in [1.29, 1.82) is 0 Å². The van der Waals surface area contributed by atoms with E-state index < -0.39 is 5.63 Å². The molecule has 5 nitrogen and oxygen atoms in total. The molecule has 16 heavy (non-hydrogen) atoms. The fourth-order valence-corrected chi connectivity index (χ4v) is 1.39. The first-order chi connectivity index (χ1) is 7.50. The molecule has 0 fully saturated rings. The Bertz CT molecular complexity index is 428. The molecule has 88 valence electrons. The van der Waals surface area contributed by atoms with E-state index in [2.05, 4.69) is 25.7 Å². The van der Waals surface area contributed by atoms with Crippen molar-refractivity contribution < 1.29 is 14.1 Å². The first-order valence-corrected chi connectivity index (χ1v) is 5.65. The van der Waals surface area contributed by atoms with Gasteiger partial charge in [-0.05, 0) is 22.0 Å². The SMILES string of the molecule is C[NH+](C)CCNC(=O)c1coc(=O)c(Br)c1. The Kier molecular flexibility index (Phi) is 4.70. The van der Waals surface area contributed by atoms with Crippen LogP contribution in [0.2, 0.25) is 0 Å². The summed E-state index contributed by atoms with van der Waals surface area (Å²) in [6, 6.07) is 1.45. The van der Waals surface area contributed by atoms with E-state index in [9.17, 15) is 9.59 Å². The molecule has 0 saturated heterocycles. The number of nitrogens with one attached hydrogen (secondary N) is 2. The lowest BCUT2D eigenvalue weighted by Crippen LogP contribution is -3.06. The van der Waals surface area contributed by atoms with E-state index in [4.69, 9.17) is 0 Å². The molecule has 1 heterocycles. The highest BCUT2D eigenvalue weighted by molar-refractivity contribution is 9.10.